The summed E-state index contributed by atoms with van der Waals surface area (Å²) in [7, 11) is 4.82. The average molecular weight is 887 g/mol. The number of ketones is 1. The van der Waals surface area contributed by atoms with Crippen molar-refractivity contribution in [1.82, 2.24) is 0 Å². The van der Waals surface area contributed by atoms with Gasteiger partial charge in [-0.2, -0.15) is 0 Å². The molecule has 7 aromatic carbocycles. The molecule has 0 bridgehead atoms. The lowest BCUT2D eigenvalue weighted by Crippen LogP contribution is -2.30. The first-order chi connectivity index (χ1) is 31.4. The Morgan fingerprint density at radius 2 is 0.738 bits per heavy atom. The molecule has 0 aromatic heterocycles. The van der Waals surface area contributed by atoms with E-state index in [1.807, 2.05) is 54.6 Å². The second-order valence-corrected chi connectivity index (χ2v) is 20.2. The maximum Gasteiger partial charge on any atom is 0.126 e. The van der Waals surface area contributed by atoms with E-state index in [9.17, 15) is 9.36 Å². The topological polar surface area (TPSA) is 71.1 Å². The maximum absolute atomic E-state index is 11.4. The van der Waals surface area contributed by atoms with Gasteiger partial charge in [0.2, 0.25) is 0 Å². The molecule has 0 saturated heterocycles. The number of fused-ring (bicyclic) bond motifs is 3. The number of carbonyl (C=O) groups is 1. The third kappa shape index (κ3) is 11.0. The zero-order valence-electron chi connectivity index (χ0n) is 39.2. The molecule has 1 fully saturated rings. The van der Waals surface area contributed by atoms with Crippen LogP contribution in [0.2, 0.25) is 0 Å². The summed E-state index contributed by atoms with van der Waals surface area (Å²) >= 11 is 0. The summed E-state index contributed by atoms with van der Waals surface area (Å²) < 4.78 is 32.9. The van der Waals surface area contributed by atoms with Crippen molar-refractivity contribution >= 4 is 18.2 Å². The molecule has 7 heteroatoms. The number of Topliss-reactive ketones (excluding diaryl/α,β-unsaturated/α-hetero) is 1. The highest BCUT2D eigenvalue weighted by atomic mass is 31.2. The molecule has 0 amide bonds. The van der Waals surface area contributed by atoms with E-state index in [1.54, 1.807) is 41.8 Å². The summed E-state index contributed by atoms with van der Waals surface area (Å²) in [6, 6.07) is 61.2. The van der Waals surface area contributed by atoms with E-state index in [-0.39, 0.29) is 16.6 Å². The van der Waals surface area contributed by atoms with Crippen LogP contribution in [0.4, 0.5) is 0 Å². The number of rotatable bonds is 9. The van der Waals surface area contributed by atoms with Crippen LogP contribution in [0.3, 0.4) is 0 Å². The van der Waals surface area contributed by atoms with Gasteiger partial charge >= 0.3 is 0 Å². The van der Waals surface area contributed by atoms with Crippen LogP contribution < -0.4 is 24.3 Å². The predicted octanol–water partition coefficient (Wildman–Crippen LogP) is 13.6. The van der Waals surface area contributed by atoms with Gasteiger partial charge in [0.05, 0.1) is 33.9 Å². The van der Waals surface area contributed by atoms with Crippen LogP contribution in [0.15, 0.2) is 176 Å². The Morgan fingerprint density at radius 1 is 0.431 bits per heavy atom. The van der Waals surface area contributed by atoms with E-state index in [2.05, 4.69) is 121 Å². The first-order valence-electron chi connectivity index (χ1n) is 22.3. The Morgan fingerprint density at radius 3 is 1.05 bits per heavy atom. The Hall–Kier alpha value is -6.36. The van der Waals surface area contributed by atoms with Gasteiger partial charge in [-0.05, 0) is 133 Å². The van der Waals surface area contributed by atoms with Crippen LogP contribution in [0.25, 0.3) is 11.1 Å². The molecule has 0 radical (unpaired) electrons. The predicted molar refractivity (Wildman–Crippen MR) is 269 cm³/mol. The number of ether oxygens (including phenoxy) is 4. The zero-order chi connectivity index (χ0) is 46.5. The summed E-state index contributed by atoms with van der Waals surface area (Å²) in [5.41, 5.74) is 10.2. The Kier molecular flexibility index (Phi) is 16.3. The molecule has 0 spiro atoms. The second-order valence-electron chi connectivity index (χ2n) is 17.0. The lowest BCUT2D eigenvalue weighted by molar-refractivity contribution is -0.115. The van der Waals surface area contributed by atoms with Crippen molar-refractivity contribution in [3.8, 4) is 34.1 Å². The minimum atomic E-state index is -2.02. The van der Waals surface area contributed by atoms with Crippen molar-refractivity contribution in [2.75, 3.05) is 41.8 Å². The fraction of sp³-hybridized carbons (Fsp3) is 0.259. The first-order valence-corrected chi connectivity index (χ1v) is 24.9. The monoisotopic (exact) mass is 886 g/mol. The van der Waals surface area contributed by atoms with E-state index in [0.29, 0.717) is 0 Å². The highest BCUT2D eigenvalue weighted by Crippen LogP contribution is 2.56. The quantitative estimate of drug-likeness (QED) is 0.134. The maximum atomic E-state index is 11.4. The van der Waals surface area contributed by atoms with Crippen LogP contribution in [-0.4, -0.2) is 47.6 Å². The number of benzene rings is 7. The van der Waals surface area contributed by atoms with Crippen molar-refractivity contribution in [3.63, 3.8) is 0 Å². The lowest BCUT2D eigenvalue weighted by atomic mass is 9.65. The van der Waals surface area contributed by atoms with Crippen molar-refractivity contribution in [3.05, 3.63) is 209 Å². The Bertz CT molecular complexity index is 2480. The average Bonchev–Trinajstić information content (AvgIpc) is 3.65. The number of carbonyl (C=O) groups excluding carboxylic acids is 1. The summed E-state index contributed by atoms with van der Waals surface area (Å²) in [4.78, 5) is 9.44. The fourth-order valence-corrected chi connectivity index (χ4v) is 10.1. The minimum Gasteiger partial charge on any atom is -0.497 e. The Balaban J connectivity index is 0.000000171. The van der Waals surface area contributed by atoms with Gasteiger partial charge in [-0.25, -0.2) is 0 Å². The smallest absolute Gasteiger partial charge is 0.126 e. The first kappa shape index (κ1) is 48.1. The zero-order valence-corrected chi connectivity index (χ0v) is 40.1. The Labute approximate surface area is 387 Å². The van der Waals surface area contributed by atoms with Gasteiger partial charge in [0, 0.05) is 10.7 Å². The molecule has 2 aliphatic carbocycles. The third-order valence-electron chi connectivity index (χ3n) is 12.4. The molecule has 7 aromatic rings. The summed E-state index contributed by atoms with van der Waals surface area (Å²) in [5, 5.41) is 0.954. The third-order valence-corrected chi connectivity index (χ3v) is 13.9. The largest absolute Gasteiger partial charge is 0.497 e. The summed E-state index contributed by atoms with van der Waals surface area (Å²) in [6.07, 6.45) is 6.35. The van der Waals surface area contributed by atoms with Crippen molar-refractivity contribution < 1.29 is 28.3 Å². The van der Waals surface area contributed by atoms with Crippen molar-refractivity contribution in [1.29, 1.82) is 0 Å². The van der Waals surface area contributed by atoms with Gasteiger partial charge in [0.1, 0.15) is 35.9 Å². The molecular formula is C58H63O6P. The van der Waals surface area contributed by atoms with Crippen molar-refractivity contribution in [2.24, 2.45) is 0 Å². The van der Waals surface area contributed by atoms with Gasteiger partial charge in [-0.1, -0.05) is 147 Å². The second kappa shape index (κ2) is 22.0. The van der Waals surface area contributed by atoms with Crippen LogP contribution in [0.1, 0.15) is 79.3 Å². The lowest BCUT2D eigenvalue weighted by Gasteiger charge is -2.38. The molecule has 0 atom stereocenters. The molecule has 2 aliphatic rings. The highest BCUT2D eigenvalue weighted by Gasteiger charge is 2.46. The fourth-order valence-electron chi connectivity index (χ4n) is 9.21. The van der Waals surface area contributed by atoms with Gasteiger partial charge in [0.25, 0.3) is 0 Å². The molecule has 6 nitrogen and oxygen atoms in total. The molecule has 0 N–H and O–H groups in total. The van der Waals surface area contributed by atoms with Crippen LogP contribution >= 0.6 is 7.14 Å². The number of methoxy groups -OCH3 is 4. The standard InChI is InChI=1S/C27H22O2.C20H24O2.C8H11OP.C3H6O/c1-28-21-15-11-19(12-16-21)27(20-13-17-22(29-2)18-14-20)25-9-5-3-7-23(25)24-8-4-6-10-26(24)27;1-21-18-10-6-16(7-11-18)20(14-4-3-5-15-20)17-8-12-19(22-2)13-9-17;1-10(2,9)8-6-4-3-5-7-8;1-3(2)4/h3-18H,1-2H3;6-13H,3-5,14-15H2,1-2H3;3-7H,1-2H3;1-2H3. The number of hydrogen-bond acceptors (Lipinski definition) is 6. The molecule has 0 heterocycles. The van der Waals surface area contributed by atoms with E-state index in [4.69, 9.17) is 18.9 Å². The molecule has 1 saturated carbocycles. The van der Waals surface area contributed by atoms with Crippen LogP contribution in [0.5, 0.6) is 23.0 Å². The molecular weight excluding hydrogens is 824 g/mol. The van der Waals surface area contributed by atoms with Gasteiger partial charge in [-0.3, -0.25) is 0 Å². The molecule has 0 unspecified atom stereocenters. The van der Waals surface area contributed by atoms with Gasteiger partial charge in [-0.15, -0.1) is 0 Å². The van der Waals surface area contributed by atoms with E-state index in [1.165, 1.54) is 90.5 Å². The van der Waals surface area contributed by atoms with Gasteiger partial charge < -0.3 is 28.3 Å². The van der Waals surface area contributed by atoms with E-state index >= 15 is 0 Å². The van der Waals surface area contributed by atoms with Crippen molar-refractivity contribution in [2.45, 2.75) is 56.8 Å². The number of hydrogen-bond donors (Lipinski definition) is 0. The molecule has 336 valence electrons. The van der Waals surface area contributed by atoms with E-state index in [0.717, 1.165) is 28.3 Å². The summed E-state index contributed by atoms with van der Waals surface area (Å²) in [5.74, 6) is 3.73. The molecule has 9 rings (SSSR count). The van der Waals surface area contributed by atoms with Gasteiger partial charge in [0.15, 0.2) is 0 Å². The molecule has 0 aliphatic heterocycles. The minimum absolute atomic E-state index is 0.136. The SMILES string of the molecule is CC(C)=O.COc1ccc(C2(c3ccc(OC)cc3)CCCCC2)cc1.COc1ccc(C2(c3ccc(OC)cc3)c3ccccc3-c3ccccc32)cc1.CP(C)(=O)c1ccccc1. The normalized spacial score (nSPS) is 13.9. The van der Waals surface area contributed by atoms with Crippen LogP contribution in [0, 0.1) is 0 Å². The van der Waals surface area contributed by atoms with E-state index < -0.39 is 7.14 Å². The summed E-state index contributed by atoms with van der Waals surface area (Å²) in [6.45, 7) is 6.62. The molecule has 65 heavy (non-hydrogen) atoms. The van der Waals surface area contributed by atoms with Crippen LogP contribution in [-0.2, 0) is 20.2 Å². The highest BCUT2D eigenvalue weighted by molar-refractivity contribution is 7.70.